The molecule has 70 valence electrons. The van der Waals surface area contributed by atoms with Gasteiger partial charge in [-0.15, -0.1) is 0 Å². The van der Waals surface area contributed by atoms with Crippen LogP contribution in [-0.2, 0) is 0 Å². The molecule has 0 saturated carbocycles. The maximum Gasteiger partial charge on any atom is 0.152 e. The highest BCUT2D eigenvalue weighted by Crippen LogP contribution is 2.30. The summed E-state index contributed by atoms with van der Waals surface area (Å²) < 4.78 is 2.77. The van der Waals surface area contributed by atoms with E-state index in [4.69, 9.17) is 5.26 Å². The van der Waals surface area contributed by atoms with Gasteiger partial charge in [0, 0.05) is 46.4 Å². The van der Waals surface area contributed by atoms with E-state index in [2.05, 4.69) is 48.2 Å². The quantitative estimate of drug-likeness (QED) is 0.712. The summed E-state index contributed by atoms with van der Waals surface area (Å²) in [5.41, 5.74) is 1.43. The summed E-state index contributed by atoms with van der Waals surface area (Å²) >= 11 is 5.56. The molecule has 6 heteroatoms. The van der Waals surface area contributed by atoms with Crippen molar-refractivity contribution in [2.45, 2.75) is 0 Å². The number of hydrogen-bond acceptors (Lipinski definition) is 3. The maximum absolute atomic E-state index is 8.91. The van der Waals surface area contributed by atoms with Crippen LogP contribution in [0.4, 0.5) is 0 Å². The first-order valence-corrected chi connectivity index (χ1v) is 7.74. The highest BCUT2D eigenvalue weighted by molar-refractivity contribution is 14.2. The molecule has 0 N–H and O–H groups in total. The van der Waals surface area contributed by atoms with E-state index in [-0.39, 0.29) is 0 Å². The standard InChI is InChI=1S/C8H3BrIN3S/c9-7-1-2-12-8-6(7)3-5(4-11)13(8)14-10/h1-3H. The van der Waals surface area contributed by atoms with Crippen molar-refractivity contribution >= 4 is 57.3 Å². The second-order valence-corrected chi connectivity index (χ2v) is 5.07. The van der Waals surface area contributed by atoms with E-state index in [0.29, 0.717) is 5.69 Å². The molecule has 2 heterocycles. The molecule has 0 atom stereocenters. The van der Waals surface area contributed by atoms with Crippen LogP contribution in [-0.4, -0.2) is 8.96 Å². The smallest absolute Gasteiger partial charge is 0.152 e. The minimum Gasteiger partial charge on any atom is -0.248 e. The van der Waals surface area contributed by atoms with Crippen LogP contribution in [0.1, 0.15) is 5.69 Å². The third kappa shape index (κ3) is 1.53. The molecular weight excluding hydrogens is 377 g/mol. The fourth-order valence-corrected chi connectivity index (χ4v) is 3.18. The molecule has 0 aromatic carbocycles. The third-order valence-corrected chi connectivity index (χ3v) is 4.17. The number of hydrogen-bond donors (Lipinski definition) is 0. The van der Waals surface area contributed by atoms with E-state index in [1.807, 2.05) is 12.1 Å². The van der Waals surface area contributed by atoms with Gasteiger partial charge in [-0.25, -0.2) is 8.96 Å². The second kappa shape index (κ2) is 4.08. The van der Waals surface area contributed by atoms with Crippen molar-refractivity contribution in [2.75, 3.05) is 0 Å². The van der Waals surface area contributed by atoms with Gasteiger partial charge in [0.15, 0.2) is 5.65 Å². The maximum atomic E-state index is 8.91. The van der Waals surface area contributed by atoms with Gasteiger partial charge in [-0.2, -0.15) is 5.26 Å². The van der Waals surface area contributed by atoms with Gasteiger partial charge in [-0.3, -0.25) is 0 Å². The molecule has 3 nitrogen and oxygen atoms in total. The number of nitriles is 1. The van der Waals surface area contributed by atoms with Gasteiger partial charge in [0.1, 0.15) is 11.8 Å². The van der Waals surface area contributed by atoms with Crippen LogP contribution in [0.2, 0.25) is 0 Å². The summed E-state index contributed by atoms with van der Waals surface area (Å²) in [5.74, 6) is 0. The molecule has 0 bridgehead atoms. The summed E-state index contributed by atoms with van der Waals surface area (Å²) in [6.07, 6.45) is 1.72. The van der Waals surface area contributed by atoms with Crippen LogP contribution in [0.15, 0.2) is 22.8 Å². The Balaban J connectivity index is 2.88. The molecule has 0 unspecified atom stereocenters. The molecule has 0 saturated heterocycles. The molecule has 2 aromatic heterocycles. The zero-order valence-corrected chi connectivity index (χ0v) is 11.3. The molecular formula is C8H3BrIN3S. The molecule has 0 aliphatic rings. The summed E-state index contributed by atoms with van der Waals surface area (Å²) in [6.45, 7) is 0. The van der Waals surface area contributed by atoms with E-state index in [9.17, 15) is 0 Å². The highest BCUT2D eigenvalue weighted by atomic mass is 127. The number of fused-ring (bicyclic) bond motifs is 1. The molecule has 0 fully saturated rings. The van der Waals surface area contributed by atoms with Crippen LogP contribution >= 0.6 is 46.3 Å². The zero-order valence-electron chi connectivity index (χ0n) is 6.74. The Morgan fingerprint density at radius 3 is 3.07 bits per heavy atom. The lowest BCUT2D eigenvalue weighted by atomic mass is 10.3. The second-order valence-electron chi connectivity index (χ2n) is 2.53. The van der Waals surface area contributed by atoms with Gasteiger partial charge in [-0.1, -0.05) is 0 Å². The summed E-state index contributed by atoms with van der Waals surface area (Å²) in [7, 11) is 1.45. The predicted molar refractivity (Wildman–Crippen MR) is 69.2 cm³/mol. The minimum absolute atomic E-state index is 0.610. The Hall–Kier alpha value is -0.260. The number of halogens is 2. The Morgan fingerprint density at radius 1 is 1.64 bits per heavy atom. The minimum atomic E-state index is 0.610. The first-order valence-electron chi connectivity index (χ1n) is 3.63. The predicted octanol–water partition coefficient (Wildman–Crippen LogP) is 3.52. The summed E-state index contributed by atoms with van der Waals surface area (Å²) in [6, 6.07) is 5.84. The molecule has 2 aromatic rings. The highest BCUT2D eigenvalue weighted by Gasteiger charge is 2.11. The van der Waals surface area contributed by atoms with Gasteiger partial charge in [0.05, 0.1) is 0 Å². The van der Waals surface area contributed by atoms with E-state index < -0.39 is 0 Å². The van der Waals surface area contributed by atoms with Crippen LogP contribution in [0, 0.1) is 11.3 Å². The van der Waals surface area contributed by atoms with E-state index >= 15 is 0 Å². The number of aromatic nitrogens is 2. The number of rotatable bonds is 1. The van der Waals surface area contributed by atoms with E-state index in [1.165, 1.54) is 9.12 Å². The fourth-order valence-electron chi connectivity index (χ4n) is 1.19. The van der Waals surface area contributed by atoms with Crippen molar-refractivity contribution in [2.24, 2.45) is 0 Å². The van der Waals surface area contributed by atoms with Crippen molar-refractivity contribution in [1.29, 1.82) is 5.26 Å². The van der Waals surface area contributed by atoms with Crippen LogP contribution in [0.5, 0.6) is 0 Å². The van der Waals surface area contributed by atoms with Crippen LogP contribution in [0.25, 0.3) is 11.0 Å². The lowest BCUT2D eigenvalue weighted by Crippen LogP contribution is -1.87. The molecule has 0 aliphatic heterocycles. The van der Waals surface area contributed by atoms with Crippen molar-refractivity contribution in [3.05, 3.63) is 28.5 Å². The first kappa shape index (κ1) is 10.3. The molecule has 0 radical (unpaired) electrons. The Morgan fingerprint density at radius 2 is 2.43 bits per heavy atom. The first-order chi connectivity index (χ1) is 6.77. The Bertz CT molecular complexity index is 531. The lowest BCUT2D eigenvalue weighted by molar-refractivity contribution is 1.23. The number of pyridine rings is 1. The fraction of sp³-hybridized carbons (Fsp3) is 0. The SMILES string of the molecule is N#Cc1cc2c(Br)ccnc2n1SI. The van der Waals surface area contributed by atoms with Crippen LogP contribution in [0.3, 0.4) is 0 Å². The van der Waals surface area contributed by atoms with Crippen molar-refractivity contribution in [3.63, 3.8) is 0 Å². The third-order valence-electron chi connectivity index (χ3n) is 1.79. The van der Waals surface area contributed by atoms with Gasteiger partial charge >= 0.3 is 0 Å². The Kier molecular flexibility index (Phi) is 2.99. The molecule has 14 heavy (non-hydrogen) atoms. The molecule has 0 amide bonds. The Labute approximate surface area is 105 Å². The topological polar surface area (TPSA) is 41.6 Å². The average Bonchev–Trinajstić information content (AvgIpc) is 2.57. The van der Waals surface area contributed by atoms with Gasteiger partial charge in [0.2, 0.25) is 0 Å². The molecule has 2 rings (SSSR count). The van der Waals surface area contributed by atoms with E-state index in [1.54, 1.807) is 10.2 Å². The number of nitrogens with zero attached hydrogens (tertiary/aromatic N) is 3. The van der Waals surface area contributed by atoms with Crippen LogP contribution < -0.4 is 0 Å². The van der Waals surface area contributed by atoms with Gasteiger partial charge < -0.3 is 0 Å². The molecule has 0 spiro atoms. The van der Waals surface area contributed by atoms with Crippen molar-refractivity contribution in [1.82, 2.24) is 8.96 Å². The zero-order chi connectivity index (χ0) is 10.1. The summed E-state index contributed by atoms with van der Waals surface area (Å²) in [5, 5.41) is 9.88. The molecule has 0 aliphatic carbocycles. The normalized spacial score (nSPS) is 10.4. The van der Waals surface area contributed by atoms with Crippen molar-refractivity contribution < 1.29 is 0 Å². The van der Waals surface area contributed by atoms with Gasteiger partial charge in [-0.05, 0) is 28.1 Å². The van der Waals surface area contributed by atoms with E-state index in [0.717, 1.165) is 15.5 Å². The average molecular weight is 380 g/mol. The largest absolute Gasteiger partial charge is 0.248 e. The lowest BCUT2D eigenvalue weighted by Gasteiger charge is -1.97. The summed E-state index contributed by atoms with van der Waals surface area (Å²) in [4.78, 5) is 4.24. The van der Waals surface area contributed by atoms with Crippen molar-refractivity contribution in [3.8, 4) is 6.07 Å². The monoisotopic (exact) mass is 379 g/mol. The van der Waals surface area contributed by atoms with Gasteiger partial charge in [0.25, 0.3) is 0 Å².